The van der Waals surface area contributed by atoms with E-state index < -0.39 is 21.4 Å². The fourth-order valence-corrected chi connectivity index (χ4v) is 3.11. The van der Waals surface area contributed by atoms with Crippen LogP contribution in [0.3, 0.4) is 0 Å². The van der Waals surface area contributed by atoms with Crippen molar-refractivity contribution in [2.45, 2.75) is 11.8 Å². The lowest BCUT2D eigenvalue weighted by Crippen LogP contribution is -2.16. The predicted molar refractivity (Wildman–Crippen MR) is 80.6 cm³/mol. The van der Waals surface area contributed by atoms with Crippen LogP contribution in [0.4, 0.5) is 0 Å². The molecule has 0 spiro atoms. The van der Waals surface area contributed by atoms with Crippen LogP contribution < -0.4 is 4.74 Å². The van der Waals surface area contributed by atoms with Gasteiger partial charge in [-0.2, -0.15) is 0 Å². The van der Waals surface area contributed by atoms with Crippen molar-refractivity contribution in [2.24, 2.45) is 0 Å². The van der Waals surface area contributed by atoms with E-state index in [1.54, 1.807) is 30.3 Å². The summed E-state index contributed by atoms with van der Waals surface area (Å²) in [6.07, 6.45) is 0. The molecule has 0 atom stereocenters. The predicted octanol–water partition coefficient (Wildman–Crippen LogP) is 2.66. The number of benzene rings is 2. The molecule has 0 aliphatic heterocycles. The molecule has 110 valence electrons. The molecule has 5 heteroatoms. The lowest BCUT2D eigenvalue weighted by atomic mass is 10.1. The molecule has 0 bridgehead atoms. The van der Waals surface area contributed by atoms with Crippen molar-refractivity contribution in [1.82, 2.24) is 0 Å². The van der Waals surface area contributed by atoms with Gasteiger partial charge in [-0.15, -0.1) is 0 Å². The van der Waals surface area contributed by atoms with Gasteiger partial charge in [-0.05, 0) is 31.2 Å². The highest BCUT2D eigenvalue weighted by atomic mass is 32.2. The Kier molecular flexibility index (Phi) is 4.43. The first-order chi connectivity index (χ1) is 9.92. The molecule has 0 aliphatic rings. The lowest BCUT2D eigenvalue weighted by molar-refractivity contribution is 0.102. The number of sulfone groups is 1. The number of rotatable bonds is 5. The average molecular weight is 304 g/mol. The number of hydrogen-bond donors (Lipinski definition) is 0. The summed E-state index contributed by atoms with van der Waals surface area (Å²) >= 11 is 0. The smallest absolute Gasteiger partial charge is 0.185 e. The number of ketones is 1. The van der Waals surface area contributed by atoms with E-state index in [0.717, 1.165) is 5.56 Å². The Morgan fingerprint density at radius 2 is 1.76 bits per heavy atom. The molecule has 0 heterocycles. The molecule has 0 saturated carbocycles. The van der Waals surface area contributed by atoms with Crippen LogP contribution in [0.2, 0.25) is 0 Å². The summed E-state index contributed by atoms with van der Waals surface area (Å²) in [4.78, 5) is 12.3. The molecule has 0 amide bonds. The van der Waals surface area contributed by atoms with E-state index in [-0.39, 0.29) is 4.90 Å². The molecule has 21 heavy (non-hydrogen) atoms. The molecule has 0 aliphatic carbocycles. The number of ether oxygens (including phenoxy) is 1. The van der Waals surface area contributed by atoms with Crippen LogP contribution in [0.15, 0.2) is 53.4 Å². The molecule has 0 N–H and O–H groups in total. The molecular weight excluding hydrogens is 288 g/mol. The van der Waals surface area contributed by atoms with Gasteiger partial charge in [-0.25, -0.2) is 8.42 Å². The summed E-state index contributed by atoms with van der Waals surface area (Å²) in [6, 6.07) is 12.9. The van der Waals surface area contributed by atoms with Crippen molar-refractivity contribution >= 4 is 15.6 Å². The van der Waals surface area contributed by atoms with Crippen molar-refractivity contribution in [1.29, 1.82) is 0 Å². The summed E-state index contributed by atoms with van der Waals surface area (Å²) in [7, 11) is -2.14. The number of methoxy groups -OCH3 is 1. The largest absolute Gasteiger partial charge is 0.497 e. The highest BCUT2D eigenvalue weighted by Crippen LogP contribution is 2.17. The molecule has 4 nitrogen and oxygen atoms in total. The van der Waals surface area contributed by atoms with Crippen molar-refractivity contribution < 1.29 is 17.9 Å². The van der Waals surface area contributed by atoms with Gasteiger partial charge in [-0.1, -0.05) is 29.8 Å². The molecule has 2 rings (SSSR count). The van der Waals surface area contributed by atoms with Gasteiger partial charge in [-0.3, -0.25) is 4.79 Å². The SMILES string of the molecule is COc1cccc(C(=O)CS(=O)(=O)c2ccc(C)cc2)c1. The Labute approximate surface area is 124 Å². The summed E-state index contributed by atoms with van der Waals surface area (Å²) < 4.78 is 29.5. The third-order valence-corrected chi connectivity index (χ3v) is 4.73. The average Bonchev–Trinajstić information content (AvgIpc) is 2.47. The van der Waals surface area contributed by atoms with Crippen LogP contribution in [0.1, 0.15) is 15.9 Å². The monoisotopic (exact) mass is 304 g/mol. The molecule has 0 fully saturated rings. The van der Waals surface area contributed by atoms with Gasteiger partial charge in [0.25, 0.3) is 0 Å². The molecule has 0 unspecified atom stereocenters. The lowest BCUT2D eigenvalue weighted by Gasteiger charge is -2.06. The zero-order valence-corrected chi connectivity index (χ0v) is 12.7. The maximum Gasteiger partial charge on any atom is 0.185 e. The number of aryl methyl sites for hydroxylation is 1. The molecular formula is C16H16O4S. The normalized spacial score (nSPS) is 11.1. The number of carbonyl (C=O) groups is 1. The second-order valence-electron chi connectivity index (χ2n) is 4.73. The molecule has 0 saturated heterocycles. The highest BCUT2D eigenvalue weighted by molar-refractivity contribution is 7.92. The van der Waals surface area contributed by atoms with Gasteiger partial charge in [0.2, 0.25) is 0 Å². The Balaban J connectivity index is 2.23. The second kappa shape index (κ2) is 6.10. The zero-order valence-electron chi connectivity index (χ0n) is 11.9. The maximum absolute atomic E-state index is 12.2. The molecule has 0 aromatic heterocycles. The molecule has 2 aromatic carbocycles. The summed E-state index contributed by atoms with van der Waals surface area (Å²) in [6.45, 7) is 1.87. The minimum atomic E-state index is -3.63. The number of Topliss-reactive ketones (excluding diaryl/α,β-unsaturated/α-hetero) is 1. The standard InChI is InChI=1S/C16H16O4S/c1-12-6-8-15(9-7-12)21(18,19)11-16(17)13-4-3-5-14(10-13)20-2/h3-10H,11H2,1-2H3. The van der Waals surface area contributed by atoms with E-state index in [9.17, 15) is 13.2 Å². The minimum Gasteiger partial charge on any atom is -0.497 e. The van der Waals surface area contributed by atoms with Crippen molar-refractivity contribution in [3.05, 3.63) is 59.7 Å². The van der Waals surface area contributed by atoms with Crippen LogP contribution in [0, 0.1) is 6.92 Å². The van der Waals surface area contributed by atoms with E-state index in [2.05, 4.69) is 0 Å². The van der Waals surface area contributed by atoms with E-state index in [0.29, 0.717) is 11.3 Å². The maximum atomic E-state index is 12.2. The van der Waals surface area contributed by atoms with Gasteiger partial charge < -0.3 is 4.74 Å². The fourth-order valence-electron chi connectivity index (χ4n) is 1.88. The Hall–Kier alpha value is -2.14. The van der Waals surface area contributed by atoms with E-state index in [1.165, 1.54) is 25.3 Å². The van der Waals surface area contributed by atoms with Gasteiger partial charge in [0, 0.05) is 5.56 Å². The first-order valence-electron chi connectivity index (χ1n) is 6.39. The van der Waals surface area contributed by atoms with Gasteiger partial charge in [0.05, 0.1) is 12.0 Å². The van der Waals surface area contributed by atoms with E-state index in [1.807, 2.05) is 6.92 Å². The van der Waals surface area contributed by atoms with Gasteiger partial charge in [0.1, 0.15) is 11.5 Å². The third kappa shape index (κ3) is 3.70. The van der Waals surface area contributed by atoms with Crippen molar-refractivity contribution in [3.8, 4) is 5.75 Å². The highest BCUT2D eigenvalue weighted by Gasteiger charge is 2.20. The quantitative estimate of drug-likeness (QED) is 0.797. The Bertz CT molecular complexity index is 746. The number of hydrogen-bond acceptors (Lipinski definition) is 4. The summed E-state index contributed by atoms with van der Waals surface area (Å²) in [5.74, 6) is -0.480. The molecule has 0 radical (unpaired) electrons. The van der Waals surface area contributed by atoms with Gasteiger partial charge in [0.15, 0.2) is 15.6 Å². The summed E-state index contributed by atoms with van der Waals surface area (Å²) in [5, 5.41) is 0. The second-order valence-corrected chi connectivity index (χ2v) is 6.72. The van der Waals surface area contributed by atoms with E-state index in [4.69, 9.17) is 4.74 Å². The summed E-state index contributed by atoms with van der Waals surface area (Å²) in [5.41, 5.74) is 1.29. The first-order valence-corrected chi connectivity index (χ1v) is 8.04. The van der Waals surface area contributed by atoms with E-state index >= 15 is 0 Å². The minimum absolute atomic E-state index is 0.157. The van der Waals surface area contributed by atoms with Crippen LogP contribution in [0.5, 0.6) is 5.75 Å². The molecule has 2 aromatic rings. The number of carbonyl (C=O) groups excluding carboxylic acids is 1. The van der Waals surface area contributed by atoms with Crippen LogP contribution in [0.25, 0.3) is 0 Å². The van der Waals surface area contributed by atoms with Gasteiger partial charge >= 0.3 is 0 Å². The van der Waals surface area contributed by atoms with Crippen molar-refractivity contribution in [2.75, 3.05) is 12.9 Å². The van der Waals surface area contributed by atoms with Crippen LogP contribution in [-0.2, 0) is 9.84 Å². The first kappa shape index (κ1) is 15.3. The third-order valence-electron chi connectivity index (χ3n) is 3.09. The topological polar surface area (TPSA) is 60.4 Å². The Morgan fingerprint density at radius 3 is 2.38 bits per heavy atom. The van der Waals surface area contributed by atoms with Crippen molar-refractivity contribution in [3.63, 3.8) is 0 Å². The van der Waals surface area contributed by atoms with Crippen LogP contribution in [-0.4, -0.2) is 27.1 Å². The fraction of sp³-hybridized carbons (Fsp3) is 0.188. The van der Waals surface area contributed by atoms with Crippen LogP contribution >= 0.6 is 0 Å². The Morgan fingerprint density at radius 1 is 1.10 bits per heavy atom. The zero-order chi connectivity index (χ0) is 15.5.